The topological polar surface area (TPSA) is 50.7 Å². The van der Waals surface area contributed by atoms with Crippen LogP contribution in [0.2, 0.25) is 15.1 Å². The van der Waals surface area contributed by atoms with Gasteiger partial charge in [-0.15, -0.1) is 0 Å². The van der Waals surface area contributed by atoms with Gasteiger partial charge in [-0.3, -0.25) is 4.79 Å². The number of thioether (sulfide) groups is 1. The lowest BCUT2D eigenvalue weighted by molar-refractivity contribution is -0.115. The highest BCUT2D eigenvalue weighted by Gasteiger charge is 2.24. The second-order valence-corrected chi connectivity index (χ2v) is 7.49. The fourth-order valence-electron chi connectivity index (χ4n) is 2.21. The first-order valence-electron chi connectivity index (χ1n) is 7.63. The minimum atomic E-state index is -0.233. The lowest BCUT2D eigenvalue weighted by Crippen LogP contribution is -2.19. The van der Waals surface area contributed by atoms with Crippen molar-refractivity contribution in [2.75, 3.05) is 6.61 Å². The third-order valence-corrected chi connectivity index (χ3v) is 5.04. The molecule has 3 rings (SSSR count). The van der Waals surface area contributed by atoms with E-state index >= 15 is 0 Å². The summed E-state index contributed by atoms with van der Waals surface area (Å²) in [6.07, 6.45) is 1.71. The van der Waals surface area contributed by atoms with Crippen molar-refractivity contribution in [3.63, 3.8) is 0 Å². The van der Waals surface area contributed by atoms with Gasteiger partial charge >= 0.3 is 0 Å². The number of nitrogens with zero attached hydrogens (tertiary/aromatic N) is 1. The van der Waals surface area contributed by atoms with Crippen molar-refractivity contribution in [2.24, 2.45) is 4.99 Å². The first kappa shape index (κ1) is 19.1. The Morgan fingerprint density at radius 3 is 2.42 bits per heavy atom. The summed E-state index contributed by atoms with van der Waals surface area (Å²) in [4.78, 5) is 17.1. The van der Waals surface area contributed by atoms with Gasteiger partial charge in [0.2, 0.25) is 0 Å². The maximum atomic E-state index is 12.2. The molecule has 134 valence electrons. The molecule has 2 aromatic rings. The average molecular weight is 428 g/mol. The Kier molecular flexibility index (Phi) is 6.14. The van der Waals surface area contributed by atoms with Gasteiger partial charge in [-0.05, 0) is 66.7 Å². The Morgan fingerprint density at radius 1 is 1.15 bits per heavy atom. The summed E-state index contributed by atoms with van der Waals surface area (Å²) >= 11 is 19.5. The average Bonchev–Trinajstić information content (AvgIpc) is 2.92. The largest absolute Gasteiger partial charge is 0.491 e. The van der Waals surface area contributed by atoms with Gasteiger partial charge < -0.3 is 10.1 Å². The van der Waals surface area contributed by atoms with Crippen molar-refractivity contribution < 1.29 is 9.53 Å². The molecular formula is C18H13Cl3N2O2S. The molecule has 0 aromatic heterocycles. The van der Waals surface area contributed by atoms with E-state index in [0.29, 0.717) is 48.7 Å². The van der Waals surface area contributed by atoms with Crippen molar-refractivity contribution in [3.8, 4) is 5.75 Å². The number of amidine groups is 1. The van der Waals surface area contributed by atoms with Crippen molar-refractivity contribution in [2.45, 2.75) is 6.92 Å². The molecule has 0 saturated carbocycles. The van der Waals surface area contributed by atoms with Crippen LogP contribution in [-0.2, 0) is 4.79 Å². The van der Waals surface area contributed by atoms with Crippen molar-refractivity contribution in [3.05, 3.63) is 61.9 Å². The number of ether oxygens (including phenoxy) is 1. The number of hydrogen-bond acceptors (Lipinski definition) is 4. The van der Waals surface area contributed by atoms with E-state index in [0.717, 1.165) is 0 Å². The van der Waals surface area contributed by atoms with Gasteiger partial charge in [-0.1, -0.05) is 34.8 Å². The zero-order valence-electron chi connectivity index (χ0n) is 13.6. The number of benzene rings is 2. The zero-order chi connectivity index (χ0) is 18.7. The Morgan fingerprint density at radius 2 is 1.81 bits per heavy atom. The maximum absolute atomic E-state index is 12.2. The van der Waals surface area contributed by atoms with Crippen LogP contribution in [0.1, 0.15) is 12.5 Å². The molecule has 1 amide bonds. The van der Waals surface area contributed by atoms with Crippen LogP contribution in [0.3, 0.4) is 0 Å². The Balaban J connectivity index is 1.84. The Hall–Kier alpha value is -1.66. The minimum absolute atomic E-state index is 0.233. The van der Waals surface area contributed by atoms with Crippen LogP contribution >= 0.6 is 46.6 Å². The molecule has 0 aliphatic carbocycles. The number of rotatable bonds is 4. The third-order valence-electron chi connectivity index (χ3n) is 3.32. The maximum Gasteiger partial charge on any atom is 0.264 e. The quantitative estimate of drug-likeness (QED) is 0.615. The first-order valence-corrected chi connectivity index (χ1v) is 9.58. The molecule has 1 fully saturated rings. The molecule has 1 heterocycles. The van der Waals surface area contributed by atoms with Crippen molar-refractivity contribution in [1.82, 2.24) is 5.32 Å². The van der Waals surface area contributed by atoms with Crippen LogP contribution in [0.25, 0.3) is 6.08 Å². The number of carbonyl (C=O) groups is 1. The Labute approximate surface area is 170 Å². The van der Waals surface area contributed by atoms with Crippen molar-refractivity contribution in [1.29, 1.82) is 0 Å². The molecule has 0 atom stereocenters. The Bertz CT molecular complexity index is 888. The van der Waals surface area contributed by atoms with Crippen LogP contribution in [0.15, 0.2) is 46.3 Å². The molecule has 1 aliphatic heterocycles. The number of hydrogen-bond donors (Lipinski definition) is 1. The summed E-state index contributed by atoms with van der Waals surface area (Å²) in [5.41, 5.74) is 1.40. The minimum Gasteiger partial charge on any atom is -0.491 e. The molecular weight excluding hydrogens is 415 g/mol. The summed E-state index contributed by atoms with van der Waals surface area (Å²) in [5, 5.41) is 4.64. The number of aliphatic imine (C=N–C) groups is 1. The standard InChI is InChI=1S/C18H13Cl3N2O2S/c1-2-25-16-13(20)7-10(8-14(16)21)9-15-17(24)23-18(26-15)22-12-5-3-11(19)4-6-12/h3-9H,2H2,1H3,(H,22,23,24)/b15-9-. The van der Waals surface area contributed by atoms with Crippen LogP contribution in [0.5, 0.6) is 5.75 Å². The fourth-order valence-corrected chi connectivity index (χ4v) is 3.79. The normalized spacial score (nSPS) is 17.0. The van der Waals surface area contributed by atoms with E-state index in [1.165, 1.54) is 11.8 Å². The van der Waals surface area contributed by atoms with Crippen LogP contribution in [0, 0.1) is 0 Å². The van der Waals surface area contributed by atoms with Gasteiger partial charge in [0.25, 0.3) is 5.91 Å². The number of amides is 1. The summed E-state index contributed by atoms with van der Waals surface area (Å²) in [6.45, 7) is 2.31. The predicted molar refractivity (Wildman–Crippen MR) is 110 cm³/mol. The molecule has 1 saturated heterocycles. The molecule has 4 nitrogen and oxygen atoms in total. The molecule has 26 heavy (non-hydrogen) atoms. The van der Waals surface area contributed by atoms with Gasteiger partial charge in [0.05, 0.1) is 27.2 Å². The zero-order valence-corrected chi connectivity index (χ0v) is 16.6. The smallest absolute Gasteiger partial charge is 0.264 e. The van der Waals surface area contributed by atoms with Gasteiger partial charge in [0.15, 0.2) is 10.9 Å². The summed E-state index contributed by atoms with van der Waals surface area (Å²) in [7, 11) is 0. The fraction of sp³-hybridized carbons (Fsp3) is 0.111. The highest BCUT2D eigenvalue weighted by molar-refractivity contribution is 8.18. The van der Waals surface area contributed by atoms with Gasteiger partial charge in [-0.25, -0.2) is 4.99 Å². The van der Waals surface area contributed by atoms with Crippen LogP contribution in [-0.4, -0.2) is 17.7 Å². The van der Waals surface area contributed by atoms with E-state index < -0.39 is 0 Å². The molecule has 0 bridgehead atoms. The molecule has 1 N–H and O–H groups in total. The number of carbonyl (C=O) groups excluding carboxylic acids is 1. The summed E-state index contributed by atoms with van der Waals surface area (Å²) in [5.74, 6) is 0.204. The van der Waals surface area contributed by atoms with Crippen LogP contribution in [0.4, 0.5) is 5.69 Å². The van der Waals surface area contributed by atoms with Gasteiger partial charge in [0, 0.05) is 5.02 Å². The molecule has 0 spiro atoms. The lowest BCUT2D eigenvalue weighted by Gasteiger charge is -2.08. The second-order valence-electron chi connectivity index (χ2n) is 5.20. The monoisotopic (exact) mass is 426 g/mol. The second kappa shape index (κ2) is 8.35. The number of halogens is 3. The predicted octanol–water partition coefficient (Wildman–Crippen LogP) is 5.94. The molecule has 8 heteroatoms. The third kappa shape index (κ3) is 4.54. The molecule has 0 unspecified atom stereocenters. The van der Waals surface area contributed by atoms with Gasteiger partial charge in [0.1, 0.15) is 0 Å². The van der Waals surface area contributed by atoms with E-state index in [9.17, 15) is 4.79 Å². The van der Waals surface area contributed by atoms with Crippen LogP contribution < -0.4 is 10.1 Å². The SMILES string of the molecule is CCOc1c(Cl)cc(/C=C2\SC(=Nc3ccc(Cl)cc3)NC2=O)cc1Cl. The first-order chi connectivity index (χ1) is 12.5. The van der Waals surface area contributed by atoms with E-state index in [-0.39, 0.29) is 5.91 Å². The highest BCUT2D eigenvalue weighted by atomic mass is 35.5. The molecule has 2 aromatic carbocycles. The van der Waals surface area contributed by atoms with E-state index in [4.69, 9.17) is 39.5 Å². The lowest BCUT2D eigenvalue weighted by atomic mass is 10.2. The van der Waals surface area contributed by atoms with E-state index in [1.54, 1.807) is 42.5 Å². The number of nitrogens with one attached hydrogen (secondary N) is 1. The summed E-state index contributed by atoms with van der Waals surface area (Å²) in [6, 6.07) is 10.4. The molecule has 1 aliphatic rings. The van der Waals surface area contributed by atoms with Gasteiger partial charge in [-0.2, -0.15) is 0 Å². The van der Waals surface area contributed by atoms with Crippen molar-refractivity contribution >= 4 is 69.4 Å². The molecule has 0 radical (unpaired) electrons. The van der Waals surface area contributed by atoms with E-state index in [2.05, 4.69) is 10.3 Å². The van der Waals surface area contributed by atoms with E-state index in [1.807, 2.05) is 6.92 Å². The highest BCUT2D eigenvalue weighted by Crippen LogP contribution is 2.36. The summed E-state index contributed by atoms with van der Waals surface area (Å²) < 4.78 is 5.41.